The smallest absolute Gasteiger partial charge is 0.316 e. The summed E-state index contributed by atoms with van der Waals surface area (Å²) in [5.41, 5.74) is -3.06. The Kier molecular flexibility index (Phi) is 6.11. The summed E-state index contributed by atoms with van der Waals surface area (Å²) < 4.78 is 37.1. The Balaban J connectivity index is 1.95. The zero-order chi connectivity index (χ0) is 18.7. The molecule has 0 radical (unpaired) electrons. The third-order valence-electron chi connectivity index (χ3n) is 5.35. The molecule has 1 aromatic carbocycles. The van der Waals surface area contributed by atoms with E-state index < -0.39 is 5.51 Å². The first-order valence-corrected chi connectivity index (χ1v) is 9.27. The van der Waals surface area contributed by atoms with Gasteiger partial charge in [0, 0.05) is 16.9 Å². The third-order valence-corrected chi connectivity index (χ3v) is 6.09. The maximum atomic E-state index is 12.4. The van der Waals surface area contributed by atoms with Crippen LogP contribution in [-0.4, -0.2) is 30.0 Å². The number of benzene rings is 1. The minimum atomic E-state index is -4.24. The number of thioether (sulfide) groups is 1. The van der Waals surface area contributed by atoms with Crippen LogP contribution in [0.5, 0.6) is 0 Å². The first-order valence-electron chi connectivity index (χ1n) is 8.45. The van der Waals surface area contributed by atoms with Crippen molar-refractivity contribution in [2.75, 3.05) is 19.6 Å². The lowest BCUT2D eigenvalue weighted by atomic mass is 9.61. The summed E-state index contributed by atoms with van der Waals surface area (Å²) in [5, 5.41) is 0. The lowest BCUT2D eigenvalue weighted by Crippen LogP contribution is -2.47. The highest BCUT2D eigenvalue weighted by molar-refractivity contribution is 8.00. The summed E-state index contributed by atoms with van der Waals surface area (Å²) in [6.45, 7) is 17.1. The highest BCUT2D eigenvalue weighted by Gasteiger charge is 2.46. The van der Waals surface area contributed by atoms with E-state index in [1.807, 2.05) is 0 Å². The molecule has 0 aromatic heterocycles. The SMILES string of the molecule is [C-]#[N+]CC1(C(C)(C)C)CCN(Cc2ccc(SC(F)(F)F)cc2)CC1. The first kappa shape index (κ1) is 20.1. The van der Waals surface area contributed by atoms with E-state index in [0.717, 1.165) is 38.0 Å². The van der Waals surface area contributed by atoms with Crippen LogP contribution in [0.2, 0.25) is 0 Å². The van der Waals surface area contributed by atoms with Gasteiger partial charge in [-0.1, -0.05) is 32.9 Å². The Morgan fingerprint density at radius 1 is 1.12 bits per heavy atom. The topological polar surface area (TPSA) is 7.60 Å². The monoisotopic (exact) mass is 370 g/mol. The van der Waals surface area contributed by atoms with Gasteiger partial charge in [-0.25, -0.2) is 6.57 Å². The van der Waals surface area contributed by atoms with Gasteiger partial charge in [-0.3, -0.25) is 4.90 Å². The zero-order valence-corrected chi connectivity index (χ0v) is 15.8. The number of nitrogens with zero attached hydrogens (tertiary/aromatic N) is 2. The van der Waals surface area contributed by atoms with Gasteiger partial charge >= 0.3 is 5.51 Å². The second-order valence-corrected chi connectivity index (χ2v) is 8.95. The van der Waals surface area contributed by atoms with Crippen LogP contribution in [0.4, 0.5) is 13.2 Å². The van der Waals surface area contributed by atoms with Gasteiger partial charge in [0.25, 0.3) is 0 Å². The molecule has 0 N–H and O–H groups in total. The van der Waals surface area contributed by atoms with Crippen molar-refractivity contribution in [3.63, 3.8) is 0 Å². The fourth-order valence-electron chi connectivity index (χ4n) is 3.49. The van der Waals surface area contributed by atoms with E-state index in [2.05, 4.69) is 30.5 Å². The van der Waals surface area contributed by atoms with Crippen molar-refractivity contribution in [3.8, 4) is 0 Å². The van der Waals surface area contributed by atoms with Gasteiger partial charge in [-0.2, -0.15) is 13.2 Å². The second kappa shape index (κ2) is 7.59. The number of likely N-dealkylation sites (tertiary alicyclic amines) is 1. The van der Waals surface area contributed by atoms with Crippen molar-refractivity contribution in [1.82, 2.24) is 4.90 Å². The summed E-state index contributed by atoms with van der Waals surface area (Å²) >= 11 is -0.0783. The molecule has 1 fully saturated rings. The molecular weight excluding hydrogens is 345 g/mol. The van der Waals surface area contributed by atoms with Crippen molar-refractivity contribution in [3.05, 3.63) is 41.2 Å². The molecule has 2 nitrogen and oxygen atoms in total. The summed E-state index contributed by atoms with van der Waals surface area (Å²) in [4.78, 5) is 6.24. The third kappa shape index (κ3) is 5.39. The summed E-state index contributed by atoms with van der Waals surface area (Å²) in [7, 11) is 0. The maximum absolute atomic E-state index is 12.4. The Bertz CT molecular complexity index is 604. The molecule has 0 amide bonds. The largest absolute Gasteiger partial charge is 0.446 e. The number of piperidine rings is 1. The number of hydrogen-bond donors (Lipinski definition) is 0. The molecule has 0 atom stereocenters. The van der Waals surface area contributed by atoms with Crippen LogP contribution in [0.1, 0.15) is 39.2 Å². The number of hydrogen-bond acceptors (Lipinski definition) is 2. The van der Waals surface area contributed by atoms with E-state index in [0.29, 0.717) is 6.54 Å². The van der Waals surface area contributed by atoms with Crippen molar-refractivity contribution in [2.45, 2.75) is 50.6 Å². The molecule has 2 rings (SSSR count). The molecule has 1 aliphatic rings. The van der Waals surface area contributed by atoms with Crippen LogP contribution in [-0.2, 0) is 6.54 Å². The second-order valence-electron chi connectivity index (χ2n) is 7.81. The molecular formula is C19H25F3N2S. The Hall–Kier alpha value is -1.19. The molecule has 1 aliphatic heterocycles. The molecule has 0 spiro atoms. The molecule has 0 saturated carbocycles. The van der Waals surface area contributed by atoms with Crippen LogP contribution >= 0.6 is 11.8 Å². The minimum absolute atomic E-state index is 0.0540. The molecule has 138 valence electrons. The highest BCUT2D eigenvalue weighted by atomic mass is 32.2. The fourth-order valence-corrected chi connectivity index (χ4v) is 4.03. The van der Waals surface area contributed by atoms with E-state index in [-0.39, 0.29) is 27.5 Å². The van der Waals surface area contributed by atoms with Gasteiger partial charge in [-0.05, 0) is 60.8 Å². The van der Waals surface area contributed by atoms with Crippen LogP contribution in [0.3, 0.4) is 0 Å². The van der Waals surface area contributed by atoms with Crippen molar-refractivity contribution in [2.24, 2.45) is 10.8 Å². The molecule has 25 heavy (non-hydrogen) atoms. The summed E-state index contributed by atoms with van der Waals surface area (Å²) in [6, 6.07) is 6.63. The predicted octanol–water partition coefficient (Wildman–Crippen LogP) is 5.85. The average Bonchev–Trinajstić information content (AvgIpc) is 2.49. The molecule has 0 unspecified atom stereocenters. The van der Waals surface area contributed by atoms with E-state index in [4.69, 9.17) is 6.57 Å². The molecule has 1 aromatic rings. The molecule has 6 heteroatoms. The van der Waals surface area contributed by atoms with Crippen molar-refractivity contribution < 1.29 is 13.2 Å². The van der Waals surface area contributed by atoms with Gasteiger partial charge in [-0.15, -0.1) is 0 Å². The lowest BCUT2D eigenvalue weighted by molar-refractivity contribution is -0.0328. The Morgan fingerprint density at radius 3 is 2.12 bits per heavy atom. The highest BCUT2D eigenvalue weighted by Crippen LogP contribution is 2.47. The van der Waals surface area contributed by atoms with Gasteiger partial charge in [0.15, 0.2) is 0 Å². The standard InChI is InChI=1S/C19H25F3N2S/c1-17(2,3)18(14-23-4)9-11-24(12-10-18)13-15-5-7-16(8-6-15)25-19(20,21)22/h5-8H,9-14H2,1-3H3. The normalized spacial score (nSPS) is 18.8. The number of halogens is 3. The summed E-state index contributed by atoms with van der Waals surface area (Å²) in [5.74, 6) is 0. The quantitative estimate of drug-likeness (QED) is 0.485. The number of alkyl halides is 3. The van der Waals surface area contributed by atoms with Gasteiger partial charge < -0.3 is 4.85 Å². The minimum Gasteiger partial charge on any atom is -0.316 e. The Labute approximate surface area is 152 Å². The van der Waals surface area contributed by atoms with Crippen LogP contribution in [0.25, 0.3) is 4.85 Å². The van der Waals surface area contributed by atoms with Gasteiger partial charge in [0.05, 0.1) is 0 Å². The zero-order valence-electron chi connectivity index (χ0n) is 15.0. The first-order chi connectivity index (χ1) is 11.5. The van der Waals surface area contributed by atoms with E-state index in [9.17, 15) is 13.2 Å². The van der Waals surface area contributed by atoms with E-state index in [1.54, 1.807) is 12.1 Å². The van der Waals surface area contributed by atoms with Gasteiger partial charge in [0.1, 0.15) is 0 Å². The van der Waals surface area contributed by atoms with Crippen LogP contribution < -0.4 is 0 Å². The van der Waals surface area contributed by atoms with Crippen LogP contribution in [0.15, 0.2) is 29.2 Å². The number of rotatable bonds is 4. The fraction of sp³-hybridized carbons (Fsp3) is 0.632. The summed E-state index contributed by atoms with van der Waals surface area (Å²) in [6.07, 6.45) is 1.97. The molecule has 1 heterocycles. The maximum Gasteiger partial charge on any atom is 0.446 e. The Morgan fingerprint density at radius 2 is 1.68 bits per heavy atom. The van der Waals surface area contributed by atoms with E-state index in [1.165, 1.54) is 12.1 Å². The molecule has 0 bridgehead atoms. The van der Waals surface area contributed by atoms with Crippen molar-refractivity contribution in [1.29, 1.82) is 0 Å². The molecule has 0 aliphatic carbocycles. The predicted molar refractivity (Wildman–Crippen MR) is 96.2 cm³/mol. The van der Waals surface area contributed by atoms with Gasteiger partial charge in [0.2, 0.25) is 6.54 Å². The van der Waals surface area contributed by atoms with E-state index >= 15 is 0 Å². The van der Waals surface area contributed by atoms with Crippen molar-refractivity contribution >= 4 is 11.8 Å². The van der Waals surface area contributed by atoms with Crippen LogP contribution in [0, 0.1) is 17.4 Å². The molecule has 1 saturated heterocycles. The average molecular weight is 370 g/mol. The lowest BCUT2D eigenvalue weighted by Gasteiger charge is -2.46.